The van der Waals surface area contributed by atoms with Crippen molar-refractivity contribution in [3.8, 4) is 0 Å². The van der Waals surface area contributed by atoms with Crippen LogP contribution in [0.3, 0.4) is 0 Å². The lowest BCUT2D eigenvalue weighted by Gasteiger charge is -2.09. The maximum atomic E-state index is 13.7. The summed E-state index contributed by atoms with van der Waals surface area (Å²) in [5, 5.41) is 6.43. The van der Waals surface area contributed by atoms with Crippen molar-refractivity contribution in [3.63, 3.8) is 0 Å². The molecule has 1 aromatic heterocycles. The van der Waals surface area contributed by atoms with Crippen molar-refractivity contribution in [2.75, 3.05) is 17.2 Å². The summed E-state index contributed by atoms with van der Waals surface area (Å²) in [4.78, 5) is 7.97. The van der Waals surface area contributed by atoms with Crippen molar-refractivity contribution in [2.24, 2.45) is 0 Å². The van der Waals surface area contributed by atoms with Crippen LogP contribution >= 0.6 is 27.5 Å². The van der Waals surface area contributed by atoms with Crippen molar-refractivity contribution >= 4 is 45.0 Å². The van der Waals surface area contributed by atoms with Gasteiger partial charge in [-0.1, -0.05) is 18.5 Å². The second kappa shape index (κ2) is 6.85. The van der Waals surface area contributed by atoms with Gasteiger partial charge in [0.2, 0.25) is 5.95 Å². The first-order chi connectivity index (χ1) is 9.60. The van der Waals surface area contributed by atoms with Gasteiger partial charge >= 0.3 is 0 Å². The monoisotopic (exact) mass is 358 g/mol. The number of hydrogen-bond donors (Lipinski definition) is 2. The van der Waals surface area contributed by atoms with Crippen LogP contribution in [0.15, 0.2) is 28.9 Å². The lowest BCUT2D eigenvalue weighted by molar-refractivity contribution is 0.619. The first kappa shape index (κ1) is 15.0. The number of nitrogens with zero attached hydrogens (tertiary/aromatic N) is 2. The van der Waals surface area contributed by atoms with E-state index < -0.39 is 5.82 Å². The average molecular weight is 360 g/mol. The molecule has 0 aliphatic heterocycles. The summed E-state index contributed by atoms with van der Waals surface area (Å²) in [5.74, 6) is -0.0259. The zero-order valence-corrected chi connectivity index (χ0v) is 13.1. The quantitative estimate of drug-likeness (QED) is 0.819. The van der Waals surface area contributed by atoms with Crippen LogP contribution in [0, 0.1) is 5.82 Å². The van der Waals surface area contributed by atoms with Gasteiger partial charge in [-0.05, 0) is 40.5 Å². The fourth-order valence-corrected chi connectivity index (χ4v) is 1.91. The van der Waals surface area contributed by atoms with E-state index in [-0.39, 0.29) is 5.82 Å². The normalized spacial score (nSPS) is 10.4. The molecule has 0 amide bonds. The summed E-state index contributed by atoms with van der Waals surface area (Å²) in [6.07, 6.45) is 2.07. The van der Waals surface area contributed by atoms with Gasteiger partial charge in [0, 0.05) is 16.7 Å². The number of anilines is 3. The molecule has 0 fully saturated rings. The number of rotatable bonds is 5. The highest BCUT2D eigenvalue weighted by molar-refractivity contribution is 9.10. The standard InChI is InChI=1S/C13H13BrClFN4/c1-2-5-17-13-18-7-11(16)12(20-13)19-8-3-4-9(14)10(15)6-8/h3-4,6-7H,2,5H2,1H3,(H2,17,18,19,20). The van der Waals surface area contributed by atoms with Crippen LogP contribution in [0.1, 0.15) is 13.3 Å². The van der Waals surface area contributed by atoms with Gasteiger partial charge in [-0.15, -0.1) is 0 Å². The molecule has 4 nitrogen and oxygen atoms in total. The van der Waals surface area contributed by atoms with Crippen LogP contribution < -0.4 is 10.6 Å². The summed E-state index contributed by atoms with van der Waals surface area (Å²) in [6, 6.07) is 5.24. The summed E-state index contributed by atoms with van der Waals surface area (Å²) in [5.41, 5.74) is 0.650. The minimum atomic E-state index is -0.522. The Morgan fingerprint density at radius 2 is 2.20 bits per heavy atom. The highest BCUT2D eigenvalue weighted by Gasteiger charge is 2.08. The van der Waals surface area contributed by atoms with Crippen LogP contribution in [-0.4, -0.2) is 16.5 Å². The van der Waals surface area contributed by atoms with Crippen molar-refractivity contribution in [2.45, 2.75) is 13.3 Å². The molecule has 0 radical (unpaired) electrons. The molecule has 0 aliphatic rings. The van der Waals surface area contributed by atoms with Gasteiger partial charge in [0.15, 0.2) is 11.6 Å². The van der Waals surface area contributed by atoms with Crippen LogP contribution in [0.25, 0.3) is 0 Å². The Kier molecular flexibility index (Phi) is 5.14. The van der Waals surface area contributed by atoms with E-state index in [1.807, 2.05) is 6.92 Å². The molecule has 106 valence electrons. The van der Waals surface area contributed by atoms with Gasteiger partial charge in [0.25, 0.3) is 0 Å². The van der Waals surface area contributed by atoms with Crippen molar-refractivity contribution < 1.29 is 4.39 Å². The Hall–Kier alpha value is -1.40. The van der Waals surface area contributed by atoms with Gasteiger partial charge in [-0.3, -0.25) is 0 Å². The third-order valence-corrected chi connectivity index (χ3v) is 3.69. The fourth-order valence-electron chi connectivity index (χ4n) is 1.49. The van der Waals surface area contributed by atoms with E-state index in [1.165, 1.54) is 0 Å². The molecule has 0 bridgehead atoms. The SMILES string of the molecule is CCCNc1ncc(F)c(Nc2ccc(Br)c(Cl)c2)n1. The van der Waals surface area contributed by atoms with Crippen molar-refractivity contribution in [1.82, 2.24) is 9.97 Å². The van der Waals surface area contributed by atoms with E-state index in [0.29, 0.717) is 16.7 Å². The number of hydrogen-bond acceptors (Lipinski definition) is 4. The van der Waals surface area contributed by atoms with E-state index in [4.69, 9.17) is 11.6 Å². The van der Waals surface area contributed by atoms with Crippen LogP contribution in [0.2, 0.25) is 5.02 Å². The molecule has 0 spiro atoms. The molecular formula is C13H13BrClFN4. The van der Waals surface area contributed by atoms with E-state index >= 15 is 0 Å². The topological polar surface area (TPSA) is 49.8 Å². The molecule has 0 saturated carbocycles. The molecule has 1 heterocycles. The number of nitrogens with one attached hydrogen (secondary N) is 2. The van der Waals surface area contributed by atoms with Gasteiger partial charge < -0.3 is 10.6 Å². The first-order valence-electron chi connectivity index (χ1n) is 6.08. The zero-order valence-electron chi connectivity index (χ0n) is 10.8. The third kappa shape index (κ3) is 3.80. The molecule has 2 aromatic rings. The lowest BCUT2D eigenvalue weighted by atomic mass is 10.3. The van der Waals surface area contributed by atoms with Gasteiger partial charge in [0.1, 0.15) is 0 Å². The molecule has 1 aromatic carbocycles. The van der Waals surface area contributed by atoms with Crippen molar-refractivity contribution in [3.05, 3.63) is 39.7 Å². The Balaban J connectivity index is 2.20. The van der Waals surface area contributed by atoms with E-state index in [2.05, 4.69) is 36.5 Å². The predicted molar refractivity (Wildman–Crippen MR) is 83.2 cm³/mol. The van der Waals surface area contributed by atoms with Crippen LogP contribution in [0.4, 0.5) is 21.8 Å². The highest BCUT2D eigenvalue weighted by atomic mass is 79.9. The smallest absolute Gasteiger partial charge is 0.224 e. The molecule has 20 heavy (non-hydrogen) atoms. The average Bonchev–Trinajstić information content (AvgIpc) is 2.44. The maximum absolute atomic E-state index is 13.7. The summed E-state index contributed by atoms with van der Waals surface area (Å²) >= 11 is 9.29. The minimum absolute atomic E-state index is 0.108. The maximum Gasteiger partial charge on any atom is 0.224 e. The van der Waals surface area contributed by atoms with Gasteiger partial charge in [-0.25, -0.2) is 9.37 Å². The third-order valence-electron chi connectivity index (χ3n) is 2.46. The second-order valence-corrected chi connectivity index (χ2v) is 5.33. The first-order valence-corrected chi connectivity index (χ1v) is 7.25. The molecule has 7 heteroatoms. The van der Waals surface area contributed by atoms with Gasteiger partial charge in [-0.2, -0.15) is 4.98 Å². The van der Waals surface area contributed by atoms with E-state index in [9.17, 15) is 4.39 Å². The Morgan fingerprint density at radius 3 is 2.90 bits per heavy atom. The fraction of sp³-hybridized carbons (Fsp3) is 0.231. The highest BCUT2D eigenvalue weighted by Crippen LogP contribution is 2.27. The molecular weight excluding hydrogens is 347 g/mol. The predicted octanol–water partition coefficient (Wildman–Crippen LogP) is 4.60. The molecule has 2 rings (SSSR count). The molecule has 2 N–H and O–H groups in total. The summed E-state index contributed by atoms with van der Waals surface area (Å²) < 4.78 is 14.5. The summed E-state index contributed by atoms with van der Waals surface area (Å²) in [7, 11) is 0. The van der Waals surface area contributed by atoms with E-state index in [1.54, 1.807) is 18.2 Å². The summed E-state index contributed by atoms with van der Waals surface area (Å²) in [6.45, 7) is 2.76. The number of halogens is 3. The van der Waals surface area contributed by atoms with Crippen molar-refractivity contribution in [1.29, 1.82) is 0 Å². The largest absolute Gasteiger partial charge is 0.354 e. The minimum Gasteiger partial charge on any atom is -0.354 e. The van der Waals surface area contributed by atoms with Crippen LogP contribution in [0.5, 0.6) is 0 Å². The number of aromatic nitrogens is 2. The van der Waals surface area contributed by atoms with Gasteiger partial charge in [0.05, 0.1) is 11.2 Å². The second-order valence-electron chi connectivity index (χ2n) is 4.07. The van der Waals surface area contributed by atoms with E-state index in [0.717, 1.165) is 23.6 Å². The number of benzene rings is 1. The van der Waals surface area contributed by atoms with Crippen LogP contribution in [-0.2, 0) is 0 Å². The molecule has 0 atom stereocenters. The zero-order chi connectivity index (χ0) is 14.5. The molecule has 0 aliphatic carbocycles. The Morgan fingerprint density at radius 1 is 1.40 bits per heavy atom. The molecule has 0 saturated heterocycles. The molecule has 0 unspecified atom stereocenters. The Bertz CT molecular complexity index is 609. The lowest BCUT2D eigenvalue weighted by Crippen LogP contribution is -2.07. The Labute approximate surface area is 129 Å².